The van der Waals surface area contributed by atoms with Gasteiger partial charge in [0.15, 0.2) is 0 Å². The van der Waals surface area contributed by atoms with E-state index in [1.54, 1.807) is 0 Å². The van der Waals surface area contributed by atoms with Crippen molar-refractivity contribution >= 4 is 10.8 Å². The molecule has 0 spiro atoms. The van der Waals surface area contributed by atoms with Crippen molar-refractivity contribution in [2.24, 2.45) is 11.7 Å². The summed E-state index contributed by atoms with van der Waals surface area (Å²) >= 11 is 0. The Hall–Kier alpha value is 0.110. The monoisotopic (exact) mass is 231 g/mol. The fraction of sp³-hybridized carbons (Fsp3) is 1.00. The topological polar surface area (TPSA) is 43.1 Å². The molecule has 0 radical (unpaired) electrons. The zero-order valence-corrected chi connectivity index (χ0v) is 11.1. The summed E-state index contributed by atoms with van der Waals surface area (Å²) in [4.78, 5) is 0. The second-order valence-corrected chi connectivity index (χ2v) is 7.94. The first-order valence-electron chi connectivity index (χ1n) is 6.05. The highest BCUT2D eigenvalue weighted by atomic mass is 32.2. The van der Waals surface area contributed by atoms with Crippen LogP contribution in [-0.4, -0.2) is 20.8 Å². The van der Waals surface area contributed by atoms with Crippen LogP contribution in [0.1, 0.15) is 52.9 Å². The van der Waals surface area contributed by atoms with Crippen molar-refractivity contribution in [3.05, 3.63) is 0 Å². The van der Waals surface area contributed by atoms with Crippen molar-refractivity contribution in [2.45, 2.75) is 63.7 Å². The van der Waals surface area contributed by atoms with Crippen LogP contribution in [0.15, 0.2) is 0 Å². The van der Waals surface area contributed by atoms with Crippen LogP contribution in [0.3, 0.4) is 0 Å². The zero-order chi connectivity index (χ0) is 11.5. The first-order chi connectivity index (χ1) is 6.91. The first-order valence-corrected chi connectivity index (χ1v) is 7.37. The van der Waals surface area contributed by atoms with Gasteiger partial charge in [0.05, 0.1) is 0 Å². The Morgan fingerprint density at radius 2 is 1.80 bits per heavy atom. The van der Waals surface area contributed by atoms with E-state index < -0.39 is 10.8 Å². The fourth-order valence-electron chi connectivity index (χ4n) is 2.12. The summed E-state index contributed by atoms with van der Waals surface area (Å²) in [5.74, 6) is 1.29. The Morgan fingerprint density at radius 3 is 2.27 bits per heavy atom. The number of nitrogens with two attached hydrogens (primary N) is 1. The summed E-state index contributed by atoms with van der Waals surface area (Å²) in [6, 6.07) is 0.144. The second-order valence-electron chi connectivity index (χ2n) is 5.69. The highest BCUT2D eigenvalue weighted by Gasteiger charge is 2.26. The predicted molar refractivity (Wildman–Crippen MR) is 67.3 cm³/mol. The lowest BCUT2D eigenvalue weighted by atomic mass is 9.85. The average Bonchev–Trinajstić information content (AvgIpc) is 2.17. The fourth-order valence-corrected chi connectivity index (χ4v) is 3.24. The van der Waals surface area contributed by atoms with E-state index in [9.17, 15) is 4.21 Å². The van der Waals surface area contributed by atoms with Crippen molar-refractivity contribution in [2.75, 3.05) is 5.75 Å². The van der Waals surface area contributed by atoms with E-state index in [1.165, 1.54) is 32.1 Å². The molecule has 0 aliphatic heterocycles. The molecule has 1 rings (SSSR count). The molecule has 3 heteroatoms. The van der Waals surface area contributed by atoms with Gasteiger partial charge in [-0.2, -0.15) is 0 Å². The largest absolute Gasteiger partial charge is 0.327 e. The highest BCUT2D eigenvalue weighted by molar-refractivity contribution is 7.86. The molecule has 2 atom stereocenters. The van der Waals surface area contributed by atoms with E-state index >= 15 is 0 Å². The molecule has 1 aliphatic carbocycles. The Labute approximate surface area is 96.5 Å². The molecule has 0 saturated heterocycles. The van der Waals surface area contributed by atoms with E-state index in [1.807, 2.05) is 20.8 Å². The van der Waals surface area contributed by atoms with E-state index in [-0.39, 0.29) is 10.8 Å². The van der Waals surface area contributed by atoms with Crippen molar-refractivity contribution in [1.82, 2.24) is 0 Å². The van der Waals surface area contributed by atoms with Gasteiger partial charge in [0.1, 0.15) is 0 Å². The lowest BCUT2D eigenvalue weighted by molar-refractivity contribution is 0.318. The molecular weight excluding hydrogens is 206 g/mol. The third-order valence-corrected chi connectivity index (χ3v) is 5.34. The van der Waals surface area contributed by atoms with Crippen molar-refractivity contribution in [3.8, 4) is 0 Å². The van der Waals surface area contributed by atoms with E-state index in [0.29, 0.717) is 11.7 Å². The van der Waals surface area contributed by atoms with Gasteiger partial charge in [-0.3, -0.25) is 4.21 Å². The van der Waals surface area contributed by atoms with Gasteiger partial charge in [-0.15, -0.1) is 0 Å². The van der Waals surface area contributed by atoms with Gasteiger partial charge in [0, 0.05) is 27.3 Å². The van der Waals surface area contributed by atoms with Crippen LogP contribution in [0.2, 0.25) is 0 Å². The summed E-state index contributed by atoms with van der Waals surface area (Å²) < 4.78 is 11.8. The van der Waals surface area contributed by atoms with Gasteiger partial charge >= 0.3 is 0 Å². The molecule has 0 aromatic heterocycles. The SMILES string of the molecule is CC(C)(C)S(=O)CC(N)C1CCCCC1. The Kier molecular flexibility index (Phi) is 4.78. The molecule has 0 aromatic rings. The summed E-state index contributed by atoms with van der Waals surface area (Å²) in [6.45, 7) is 6.07. The van der Waals surface area contributed by atoms with Crippen LogP contribution in [0.5, 0.6) is 0 Å². The molecule has 1 aliphatic rings. The Morgan fingerprint density at radius 1 is 1.27 bits per heavy atom. The highest BCUT2D eigenvalue weighted by Crippen LogP contribution is 2.26. The smallest absolute Gasteiger partial charge is 0.0394 e. The van der Waals surface area contributed by atoms with E-state index in [0.717, 1.165) is 0 Å². The van der Waals surface area contributed by atoms with Crippen molar-refractivity contribution in [3.63, 3.8) is 0 Å². The molecule has 0 heterocycles. The van der Waals surface area contributed by atoms with Gasteiger partial charge in [0.2, 0.25) is 0 Å². The lowest BCUT2D eigenvalue weighted by Gasteiger charge is -2.29. The maximum absolute atomic E-state index is 11.9. The minimum absolute atomic E-state index is 0.119. The quantitative estimate of drug-likeness (QED) is 0.810. The van der Waals surface area contributed by atoms with Crippen LogP contribution in [0.4, 0.5) is 0 Å². The minimum atomic E-state index is -0.794. The molecular formula is C12H25NOS. The zero-order valence-electron chi connectivity index (χ0n) is 10.3. The lowest BCUT2D eigenvalue weighted by Crippen LogP contribution is -2.40. The van der Waals surface area contributed by atoms with Crippen molar-refractivity contribution < 1.29 is 4.21 Å². The Bertz CT molecular complexity index is 216. The minimum Gasteiger partial charge on any atom is -0.327 e. The molecule has 0 bridgehead atoms. The molecule has 2 N–H and O–H groups in total. The molecule has 1 fully saturated rings. The van der Waals surface area contributed by atoms with Crippen LogP contribution >= 0.6 is 0 Å². The average molecular weight is 231 g/mol. The van der Waals surface area contributed by atoms with Gasteiger partial charge in [0.25, 0.3) is 0 Å². The molecule has 0 aromatic carbocycles. The summed E-state index contributed by atoms with van der Waals surface area (Å²) in [7, 11) is -0.794. The van der Waals surface area contributed by atoms with Crippen molar-refractivity contribution in [1.29, 1.82) is 0 Å². The standard InChI is InChI=1S/C12H25NOS/c1-12(2,3)15(14)9-11(13)10-7-5-4-6-8-10/h10-11H,4-9,13H2,1-3H3. The third kappa shape index (κ3) is 4.23. The van der Waals surface area contributed by atoms with Crippen LogP contribution in [0.25, 0.3) is 0 Å². The number of hydrogen-bond donors (Lipinski definition) is 1. The maximum atomic E-state index is 11.9. The molecule has 2 nitrogen and oxygen atoms in total. The van der Waals surface area contributed by atoms with Gasteiger partial charge in [-0.05, 0) is 39.5 Å². The van der Waals surface area contributed by atoms with Crippen LogP contribution < -0.4 is 5.73 Å². The van der Waals surface area contributed by atoms with Crippen LogP contribution in [-0.2, 0) is 10.8 Å². The third-order valence-electron chi connectivity index (χ3n) is 3.28. The summed E-state index contributed by atoms with van der Waals surface area (Å²) in [5.41, 5.74) is 6.15. The molecule has 90 valence electrons. The van der Waals surface area contributed by atoms with Crippen LogP contribution in [0, 0.1) is 5.92 Å². The van der Waals surface area contributed by atoms with Gasteiger partial charge in [-0.1, -0.05) is 19.3 Å². The molecule has 15 heavy (non-hydrogen) atoms. The van der Waals surface area contributed by atoms with E-state index in [2.05, 4.69) is 0 Å². The molecule has 0 amide bonds. The second kappa shape index (κ2) is 5.44. The first kappa shape index (κ1) is 13.2. The van der Waals surface area contributed by atoms with Gasteiger partial charge < -0.3 is 5.73 Å². The Balaban J connectivity index is 2.40. The number of rotatable bonds is 3. The summed E-state index contributed by atoms with van der Waals surface area (Å²) in [6.07, 6.45) is 6.44. The molecule has 1 saturated carbocycles. The van der Waals surface area contributed by atoms with E-state index in [4.69, 9.17) is 5.73 Å². The predicted octanol–water partition coefficient (Wildman–Crippen LogP) is 2.44. The maximum Gasteiger partial charge on any atom is 0.0394 e. The van der Waals surface area contributed by atoms with Gasteiger partial charge in [-0.25, -0.2) is 0 Å². The molecule has 2 unspecified atom stereocenters. The normalized spacial score (nSPS) is 23.7. The number of hydrogen-bond acceptors (Lipinski definition) is 2. The summed E-state index contributed by atoms with van der Waals surface area (Å²) in [5, 5.41) is 0.